The first-order chi connectivity index (χ1) is 22.0. The Balaban J connectivity index is 1.23. The van der Waals surface area contributed by atoms with Crippen molar-refractivity contribution in [2.24, 2.45) is 0 Å². The summed E-state index contributed by atoms with van der Waals surface area (Å²) in [5.74, 6) is 1.08. The van der Waals surface area contributed by atoms with Gasteiger partial charge in [0.1, 0.15) is 5.75 Å². The van der Waals surface area contributed by atoms with E-state index < -0.39 is 0 Å². The number of para-hydroxylation sites is 1. The van der Waals surface area contributed by atoms with E-state index in [1.165, 1.54) is 84.4 Å². The van der Waals surface area contributed by atoms with Crippen LogP contribution in [0.4, 0.5) is 0 Å². The van der Waals surface area contributed by atoms with E-state index in [4.69, 9.17) is 14.7 Å². The third kappa shape index (κ3) is 6.58. The predicted octanol–water partition coefficient (Wildman–Crippen LogP) is 10.7. The number of hydrogen-bond acceptors (Lipinski definition) is 5. The van der Waals surface area contributed by atoms with Crippen molar-refractivity contribution in [3.63, 3.8) is 0 Å². The van der Waals surface area contributed by atoms with Crippen LogP contribution in [-0.2, 0) is 5.41 Å². The van der Waals surface area contributed by atoms with Gasteiger partial charge in [0.25, 0.3) is 0 Å². The summed E-state index contributed by atoms with van der Waals surface area (Å²) in [6, 6.07) is 27.1. The molecule has 1 N–H and O–H groups in total. The topological polar surface area (TPSA) is 68.1 Å². The first-order valence-electron chi connectivity index (χ1n) is 16.8. The van der Waals surface area contributed by atoms with Crippen molar-refractivity contribution < 1.29 is 9.84 Å². The number of unbranched alkanes of at least 4 members (excludes halogenated alkanes) is 9. The lowest BCUT2D eigenvalue weighted by molar-refractivity contribution is 0.281. The van der Waals surface area contributed by atoms with Gasteiger partial charge in [-0.3, -0.25) is 0 Å². The fourth-order valence-electron chi connectivity index (χ4n) is 6.73. The third-order valence-corrected chi connectivity index (χ3v) is 9.31. The molecule has 45 heavy (non-hydrogen) atoms. The molecule has 0 fully saturated rings. The first kappa shape index (κ1) is 30.8. The normalized spacial score (nSPS) is 13.1. The molecule has 0 bridgehead atoms. The fraction of sp³-hybridized carbons (Fsp3) is 0.375. The van der Waals surface area contributed by atoms with Gasteiger partial charge in [0.2, 0.25) is 0 Å². The van der Waals surface area contributed by atoms with Crippen molar-refractivity contribution in [2.45, 2.75) is 90.4 Å². The van der Waals surface area contributed by atoms with Crippen molar-refractivity contribution >= 4 is 10.8 Å². The van der Waals surface area contributed by atoms with Crippen LogP contribution in [0.1, 0.15) is 96.1 Å². The number of phenolic OH excluding ortho intramolecular Hbond substituents is 1. The monoisotopic (exact) mass is 599 g/mol. The summed E-state index contributed by atoms with van der Waals surface area (Å²) in [5, 5.41) is 13.2. The second-order valence-electron chi connectivity index (χ2n) is 12.9. The lowest BCUT2D eigenvalue weighted by atomic mass is 9.81. The van der Waals surface area contributed by atoms with Gasteiger partial charge in [-0.25, -0.2) is 4.98 Å². The Hall–Kier alpha value is -4.25. The van der Waals surface area contributed by atoms with Crippen LogP contribution in [0.5, 0.6) is 11.8 Å². The number of hydrogen-bond donors (Lipinski definition) is 1. The van der Waals surface area contributed by atoms with Gasteiger partial charge in [-0.15, -0.1) is 0 Å². The molecule has 0 amide bonds. The molecule has 1 aliphatic carbocycles. The summed E-state index contributed by atoms with van der Waals surface area (Å²) in [6.45, 7) is 7.40. The highest BCUT2D eigenvalue weighted by Crippen LogP contribution is 2.52. The van der Waals surface area contributed by atoms with Crippen LogP contribution in [-0.4, -0.2) is 26.7 Å². The molecule has 5 heteroatoms. The number of phenols is 1. The van der Waals surface area contributed by atoms with Gasteiger partial charge in [-0.1, -0.05) is 139 Å². The molecule has 1 aliphatic rings. The average molecular weight is 600 g/mol. The maximum Gasteiger partial charge on any atom is 0.320 e. The summed E-state index contributed by atoms with van der Waals surface area (Å²) < 4.78 is 6.13. The number of aromatic hydroxyl groups is 1. The molecular weight excluding hydrogens is 554 g/mol. The zero-order chi connectivity index (χ0) is 31.2. The molecule has 6 rings (SSSR count). The number of nitrogens with zero attached hydrogens (tertiary/aromatic N) is 3. The second-order valence-corrected chi connectivity index (χ2v) is 12.9. The maximum atomic E-state index is 10.6. The smallest absolute Gasteiger partial charge is 0.320 e. The molecule has 0 spiro atoms. The molecule has 0 aliphatic heterocycles. The van der Waals surface area contributed by atoms with E-state index in [1.54, 1.807) is 12.1 Å². The van der Waals surface area contributed by atoms with Gasteiger partial charge in [-0.2, -0.15) is 9.97 Å². The summed E-state index contributed by atoms with van der Waals surface area (Å²) in [5.41, 5.74) is 6.44. The molecule has 0 radical (unpaired) electrons. The lowest BCUT2D eigenvalue weighted by Crippen LogP contribution is -2.15. The Labute approximate surface area is 267 Å². The van der Waals surface area contributed by atoms with Crippen LogP contribution < -0.4 is 4.74 Å². The third-order valence-electron chi connectivity index (χ3n) is 9.31. The van der Waals surface area contributed by atoms with Crippen LogP contribution in [0, 0.1) is 0 Å². The number of ether oxygens (including phenoxy) is 1. The SMILES string of the molecule is CCCCCCCCCCCCOc1nc(-c2ccc3c(c2)C(C)(C)c2ccc4ccccc4c2-3)nc(-c2ccccc2O)n1. The summed E-state index contributed by atoms with van der Waals surface area (Å²) in [4.78, 5) is 14.3. The van der Waals surface area contributed by atoms with Gasteiger partial charge in [0.15, 0.2) is 11.6 Å². The minimum Gasteiger partial charge on any atom is -0.507 e. The largest absolute Gasteiger partial charge is 0.507 e. The van der Waals surface area contributed by atoms with Gasteiger partial charge in [0, 0.05) is 11.0 Å². The van der Waals surface area contributed by atoms with E-state index in [-0.39, 0.29) is 11.2 Å². The lowest BCUT2D eigenvalue weighted by Gasteiger charge is -2.22. The summed E-state index contributed by atoms with van der Waals surface area (Å²) >= 11 is 0. The molecule has 5 nitrogen and oxygen atoms in total. The van der Waals surface area contributed by atoms with E-state index in [0.29, 0.717) is 29.8 Å². The minimum absolute atomic E-state index is 0.132. The van der Waals surface area contributed by atoms with Crippen LogP contribution in [0.2, 0.25) is 0 Å². The molecule has 0 unspecified atom stereocenters. The van der Waals surface area contributed by atoms with Gasteiger partial charge < -0.3 is 9.84 Å². The minimum atomic E-state index is -0.174. The Morgan fingerprint density at radius 1 is 0.644 bits per heavy atom. The first-order valence-corrected chi connectivity index (χ1v) is 16.8. The zero-order valence-electron chi connectivity index (χ0n) is 27.0. The molecular formula is C40H45N3O2. The number of fused-ring (bicyclic) bond motifs is 5. The van der Waals surface area contributed by atoms with Crippen molar-refractivity contribution in [3.05, 3.63) is 90.0 Å². The molecule has 0 saturated carbocycles. The fourth-order valence-corrected chi connectivity index (χ4v) is 6.73. The predicted molar refractivity (Wildman–Crippen MR) is 185 cm³/mol. The molecule has 0 atom stereocenters. The van der Waals surface area contributed by atoms with Crippen LogP contribution in [0.15, 0.2) is 78.9 Å². The molecule has 1 aromatic heterocycles. The quantitative estimate of drug-likeness (QED) is 0.129. The zero-order valence-corrected chi connectivity index (χ0v) is 27.0. The summed E-state index contributed by atoms with van der Waals surface area (Å²) in [6.07, 6.45) is 12.7. The van der Waals surface area contributed by atoms with Crippen molar-refractivity contribution in [1.82, 2.24) is 15.0 Å². The van der Waals surface area contributed by atoms with Gasteiger partial charge in [0.05, 0.1) is 12.2 Å². The van der Waals surface area contributed by atoms with Gasteiger partial charge in [-0.05, 0) is 57.6 Å². The molecule has 1 heterocycles. The second kappa shape index (κ2) is 13.8. The molecule has 4 aromatic carbocycles. The van der Waals surface area contributed by atoms with Gasteiger partial charge >= 0.3 is 6.01 Å². The van der Waals surface area contributed by atoms with Crippen molar-refractivity contribution in [2.75, 3.05) is 6.61 Å². The van der Waals surface area contributed by atoms with E-state index in [1.807, 2.05) is 12.1 Å². The van der Waals surface area contributed by atoms with E-state index >= 15 is 0 Å². The molecule has 5 aromatic rings. The van der Waals surface area contributed by atoms with Crippen molar-refractivity contribution in [3.8, 4) is 45.7 Å². The Morgan fingerprint density at radius 3 is 2.11 bits per heavy atom. The van der Waals surface area contributed by atoms with E-state index in [9.17, 15) is 5.11 Å². The van der Waals surface area contributed by atoms with Crippen molar-refractivity contribution in [1.29, 1.82) is 0 Å². The molecule has 232 valence electrons. The highest BCUT2D eigenvalue weighted by Gasteiger charge is 2.36. The Morgan fingerprint density at radius 2 is 1.33 bits per heavy atom. The Bertz CT molecular complexity index is 1780. The van der Waals surface area contributed by atoms with Crippen LogP contribution in [0.25, 0.3) is 44.7 Å². The maximum absolute atomic E-state index is 10.6. The Kier molecular flexibility index (Phi) is 9.44. The van der Waals surface area contributed by atoms with Crippen LogP contribution >= 0.6 is 0 Å². The number of rotatable bonds is 14. The van der Waals surface area contributed by atoms with E-state index in [0.717, 1.165) is 18.4 Å². The van der Waals surface area contributed by atoms with Crippen LogP contribution in [0.3, 0.4) is 0 Å². The molecule has 0 saturated heterocycles. The summed E-state index contributed by atoms with van der Waals surface area (Å²) in [7, 11) is 0. The number of aromatic nitrogens is 3. The van der Waals surface area contributed by atoms with E-state index in [2.05, 4.69) is 80.4 Å². The highest BCUT2D eigenvalue weighted by molar-refractivity contribution is 6.02. The average Bonchev–Trinajstić information content (AvgIpc) is 3.29. The standard InChI is InChI=1S/C40H45N3O2/c1-4-5-6-7-8-9-10-11-12-17-26-45-39-42-37(41-38(43-39)32-20-15-16-21-35(32)44)29-22-24-31-34(27-29)40(2,3)33-25-23-28-18-13-14-19-30(28)36(31)33/h13-16,18-25,27,44H,4-12,17,26H2,1-3H3. The highest BCUT2D eigenvalue weighted by atomic mass is 16.5. The number of benzene rings is 4.